The lowest BCUT2D eigenvalue weighted by Gasteiger charge is -2.07. The van der Waals surface area contributed by atoms with Crippen LogP contribution in [0.4, 0.5) is 5.13 Å². The molecule has 0 atom stereocenters. The molecule has 1 aromatic carbocycles. The zero-order chi connectivity index (χ0) is 22.5. The van der Waals surface area contributed by atoms with Gasteiger partial charge >= 0.3 is 0 Å². The van der Waals surface area contributed by atoms with Crippen LogP contribution in [0.15, 0.2) is 46.2 Å². The Morgan fingerprint density at radius 1 is 1.09 bits per heavy atom. The van der Waals surface area contributed by atoms with E-state index in [-0.39, 0.29) is 11.7 Å². The Balaban J connectivity index is 1.40. The van der Waals surface area contributed by atoms with Gasteiger partial charge in [0.05, 0.1) is 11.4 Å². The maximum Gasteiger partial charge on any atom is 0.236 e. The van der Waals surface area contributed by atoms with Crippen molar-refractivity contribution in [3.05, 3.63) is 51.5 Å². The van der Waals surface area contributed by atoms with Gasteiger partial charge in [0.15, 0.2) is 16.1 Å². The lowest BCUT2D eigenvalue weighted by atomic mass is 10.1. The zero-order valence-electron chi connectivity index (χ0n) is 18.3. The van der Waals surface area contributed by atoms with Gasteiger partial charge in [-0.15, -0.1) is 32.9 Å². The van der Waals surface area contributed by atoms with Crippen molar-refractivity contribution in [2.75, 3.05) is 11.1 Å². The topological polar surface area (TPSA) is 72.7 Å². The Hall–Kier alpha value is -2.49. The second-order valence-corrected chi connectivity index (χ2v) is 10.2. The molecule has 0 aliphatic heterocycles. The molecule has 0 aliphatic rings. The molecule has 166 valence electrons. The third-order valence-electron chi connectivity index (χ3n) is 4.85. The first kappa shape index (κ1) is 22.7. The molecule has 4 aromatic rings. The van der Waals surface area contributed by atoms with E-state index in [1.54, 1.807) is 11.3 Å². The first-order chi connectivity index (χ1) is 15.6. The molecule has 0 radical (unpaired) electrons. The van der Waals surface area contributed by atoms with Crippen molar-refractivity contribution < 1.29 is 4.79 Å². The fraction of sp³-hybridized carbons (Fsp3) is 0.304. The summed E-state index contributed by atoms with van der Waals surface area (Å²) < 4.78 is 2.11. The molecule has 0 fully saturated rings. The number of carbonyl (C=O) groups excluding carboxylic acids is 1. The van der Waals surface area contributed by atoms with Crippen LogP contribution in [-0.4, -0.2) is 31.4 Å². The number of amides is 1. The van der Waals surface area contributed by atoms with Crippen LogP contribution < -0.4 is 5.32 Å². The van der Waals surface area contributed by atoms with Gasteiger partial charge in [-0.25, -0.2) is 4.98 Å². The third kappa shape index (κ3) is 5.28. The van der Waals surface area contributed by atoms with Gasteiger partial charge < -0.3 is 9.88 Å². The minimum absolute atomic E-state index is 0.101. The van der Waals surface area contributed by atoms with Crippen LogP contribution in [0.5, 0.6) is 0 Å². The molecule has 9 heteroatoms. The maximum absolute atomic E-state index is 12.5. The SMILES string of the molecule is CCCn1c(SCC(=O)Nc2nc(-c3ccc(C)cc3)cs2)nnc1-c1csc(CC)c1. The largest absolute Gasteiger partial charge is 0.302 e. The molecule has 0 unspecified atom stereocenters. The molecule has 1 N–H and O–H groups in total. The van der Waals surface area contributed by atoms with E-state index in [0.29, 0.717) is 5.13 Å². The Bertz CT molecular complexity index is 1190. The van der Waals surface area contributed by atoms with E-state index in [0.717, 1.165) is 47.2 Å². The number of anilines is 1. The molecular formula is C23H25N5OS3. The van der Waals surface area contributed by atoms with E-state index in [1.165, 1.54) is 33.5 Å². The first-order valence-corrected chi connectivity index (χ1v) is 13.3. The second kappa shape index (κ2) is 10.4. The molecule has 32 heavy (non-hydrogen) atoms. The van der Waals surface area contributed by atoms with Crippen molar-refractivity contribution in [2.45, 2.75) is 45.3 Å². The van der Waals surface area contributed by atoms with Crippen molar-refractivity contribution in [3.63, 3.8) is 0 Å². The first-order valence-electron chi connectivity index (χ1n) is 10.5. The Morgan fingerprint density at radius 3 is 2.62 bits per heavy atom. The fourth-order valence-corrected chi connectivity index (χ4v) is 5.50. The minimum Gasteiger partial charge on any atom is -0.302 e. The van der Waals surface area contributed by atoms with Gasteiger partial charge in [-0.2, -0.15) is 0 Å². The predicted octanol–water partition coefficient (Wildman–Crippen LogP) is 6.14. The summed E-state index contributed by atoms with van der Waals surface area (Å²) in [6.45, 7) is 7.15. The molecule has 0 spiro atoms. The van der Waals surface area contributed by atoms with Crippen molar-refractivity contribution in [1.82, 2.24) is 19.7 Å². The molecule has 1 amide bonds. The number of aromatic nitrogens is 4. The van der Waals surface area contributed by atoms with Crippen LogP contribution in [0.2, 0.25) is 0 Å². The van der Waals surface area contributed by atoms with E-state index < -0.39 is 0 Å². The number of nitrogens with zero attached hydrogens (tertiary/aromatic N) is 4. The van der Waals surface area contributed by atoms with Crippen LogP contribution in [0, 0.1) is 6.92 Å². The average Bonchev–Trinajstić information content (AvgIpc) is 3.53. The Kier molecular flexibility index (Phi) is 7.39. The molecule has 0 saturated carbocycles. The fourth-order valence-electron chi connectivity index (χ4n) is 3.19. The van der Waals surface area contributed by atoms with Crippen LogP contribution >= 0.6 is 34.4 Å². The number of rotatable bonds is 9. The second-order valence-electron chi connectivity index (χ2n) is 7.35. The summed E-state index contributed by atoms with van der Waals surface area (Å²) in [6, 6.07) is 10.4. The smallest absolute Gasteiger partial charge is 0.236 e. The van der Waals surface area contributed by atoms with Gasteiger partial charge in [0.25, 0.3) is 0 Å². The standard InChI is InChI=1S/C23H25N5OS3/c1-4-10-28-21(17-11-18(5-2)30-12-17)26-27-23(28)32-14-20(29)25-22-24-19(13-31-22)16-8-6-15(3)7-9-16/h6-9,11-13H,4-5,10,14H2,1-3H3,(H,24,25,29). The number of thiophene rings is 1. The van der Waals surface area contributed by atoms with Crippen molar-refractivity contribution in [2.24, 2.45) is 0 Å². The van der Waals surface area contributed by atoms with Gasteiger partial charge in [-0.1, -0.05) is 55.4 Å². The van der Waals surface area contributed by atoms with Crippen molar-refractivity contribution >= 4 is 45.5 Å². The monoisotopic (exact) mass is 483 g/mol. The summed E-state index contributed by atoms with van der Waals surface area (Å²) >= 11 is 4.58. The number of carbonyl (C=O) groups is 1. The molecule has 0 aliphatic carbocycles. The normalized spacial score (nSPS) is 11.1. The third-order valence-corrected chi connectivity index (χ3v) is 7.66. The predicted molar refractivity (Wildman–Crippen MR) is 135 cm³/mol. The highest BCUT2D eigenvalue weighted by Crippen LogP contribution is 2.29. The number of hydrogen-bond acceptors (Lipinski definition) is 7. The van der Waals surface area contributed by atoms with E-state index in [9.17, 15) is 4.79 Å². The lowest BCUT2D eigenvalue weighted by molar-refractivity contribution is -0.113. The number of aryl methyl sites for hydroxylation is 2. The van der Waals surface area contributed by atoms with Crippen molar-refractivity contribution in [3.8, 4) is 22.6 Å². The number of thiazole rings is 1. The number of nitrogens with one attached hydrogen (secondary N) is 1. The molecule has 3 aromatic heterocycles. The Labute approximate surface area is 200 Å². The van der Waals surface area contributed by atoms with Gasteiger partial charge in [0.2, 0.25) is 5.91 Å². The van der Waals surface area contributed by atoms with Gasteiger partial charge in [-0.3, -0.25) is 4.79 Å². The van der Waals surface area contributed by atoms with E-state index in [4.69, 9.17) is 0 Å². The molecule has 3 heterocycles. The molecule has 6 nitrogen and oxygen atoms in total. The zero-order valence-corrected chi connectivity index (χ0v) is 20.7. The molecule has 0 bridgehead atoms. The lowest BCUT2D eigenvalue weighted by Crippen LogP contribution is -2.14. The van der Waals surface area contributed by atoms with Gasteiger partial charge in [0.1, 0.15) is 0 Å². The highest BCUT2D eigenvalue weighted by Gasteiger charge is 2.17. The van der Waals surface area contributed by atoms with E-state index in [2.05, 4.69) is 69.4 Å². The summed E-state index contributed by atoms with van der Waals surface area (Å²) in [7, 11) is 0. The molecule has 4 rings (SSSR count). The van der Waals surface area contributed by atoms with Crippen LogP contribution in [0.1, 0.15) is 30.7 Å². The van der Waals surface area contributed by atoms with Gasteiger partial charge in [0, 0.05) is 33.3 Å². The summed E-state index contributed by atoms with van der Waals surface area (Å²) in [5, 5.41) is 17.1. The number of thioether (sulfide) groups is 1. The van der Waals surface area contributed by atoms with Crippen LogP contribution in [0.25, 0.3) is 22.6 Å². The summed E-state index contributed by atoms with van der Waals surface area (Å²) in [6.07, 6.45) is 1.98. The highest BCUT2D eigenvalue weighted by atomic mass is 32.2. The summed E-state index contributed by atoms with van der Waals surface area (Å²) in [4.78, 5) is 18.4. The van der Waals surface area contributed by atoms with E-state index >= 15 is 0 Å². The summed E-state index contributed by atoms with van der Waals surface area (Å²) in [5.41, 5.74) is 4.21. The van der Waals surface area contributed by atoms with Crippen LogP contribution in [-0.2, 0) is 17.8 Å². The Morgan fingerprint density at radius 2 is 1.91 bits per heavy atom. The highest BCUT2D eigenvalue weighted by molar-refractivity contribution is 7.99. The van der Waals surface area contributed by atoms with Gasteiger partial charge in [-0.05, 0) is 25.8 Å². The summed E-state index contributed by atoms with van der Waals surface area (Å²) in [5.74, 6) is 1.02. The maximum atomic E-state index is 12.5. The minimum atomic E-state index is -0.101. The quantitative estimate of drug-likeness (QED) is 0.289. The molecular weight excluding hydrogens is 458 g/mol. The average molecular weight is 484 g/mol. The molecule has 0 saturated heterocycles. The number of benzene rings is 1. The van der Waals surface area contributed by atoms with E-state index in [1.807, 2.05) is 17.5 Å². The van der Waals surface area contributed by atoms with Crippen molar-refractivity contribution in [1.29, 1.82) is 0 Å². The number of hydrogen-bond donors (Lipinski definition) is 1. The van der Waals surface area contributed by atoms with Crippen LogP contribution in [0.3, 0.4) is 0 Å².